The van der Waals surface area contributed by atoms with E-state index in [-0.39, 0.29) is 12.1 Å². The van der Waals surface area contributed by atoms with Gasteiger partial charge in [-0.2, -0.15) is 0 Å². The van der Waals surface area contributed by atoms with Crippen LogP contribution in [0.3, 0.4) is 0 Å². The predicted octanol–water partition coefficient (Wildman–Crippen LogP) is 1.71. The van der Waals surface area contributed by atoms with Crippen molar-refractivity contribution in [1.29, 1.82) is 0 Å². The topological polar surface area (TPSA) is 35.5 Å². The van der Waals surface area contributed by atoms with E-state index < -0.39 is 0 Å². The lowest BCUT2D eigenvalue weighted by Crippen LogP contribution is -2.57. The van der Waals surface area contributed by atoms with Crippen molar-refractivity contribution in [3.63, 3.8) is 0 Å². The van der Waals surface area contributed by atoms with Gasteiger partial charge in [-0.05, 0) is 38.3 Å². The first-order chi connectivity index (χ1) is 8.11. The maximum Gasteiger partial charge on any atom is 0.0628 e. The Morgan fingerprint density at radius 1 is 1.41 bits per heavy atom. The summed E-state index contributed by atoms with van der Waals surface area (Å²) in [7, 11) is 1.99. The molecular weight excluding hydrogens is 212 g/mol. The van der Waals surface area contributed by atoms with Gasteiger partial charge in [0.25, 0.3) is 0 Å². The molecule has 3 heteroatoms. The van der Waals surface area contributed by atoms with Gasteiger partial charge in [-0.15, -0.1) is 0 Å². The molecule has 1 saturated carbocycles. The van der Waals surface area contributed by atoms with Crippen molar-refractivity contribution < 1.29 is 5.11 Å². The molecule has 102 valence electrons. The van der Waals surface area contributed by atoms with Crippen LogP contribution in [0.5, 0.6) is 0 Å². The van der Waals surface area contributed by atoms with Crippen molar-refractivity contribution in [1.82, 2.24) is 10.2 Å². The molecule has 1 aliphatic rings. The summed E-state index contributed by atoms with van der Waals surface area (Å²) < 4.78 is 0. The lowest BCUT2D eigenvalue weighted by atomic mass is 9.93. The van der Waals surface area contributed by atoms with E-state index in [1.165, 1.54) is 19.3 Å². The van der Waals surface area contributed by atoms with Gasteiger partial charge in [-0.1, -0.05) is 27.2 Å². The van der Waals surface area contributed by atoms with Crippen molar-refractivity contribution >= 4 is 0 Å². The molecule has 0 heterocycles. The molecule has 0 aromatic carbocycles. The van der Waals surface area contributed by atoms with Crippen LogP contribution in [0.1, 0.15) is 40.0 Å². The molecule has 0 saturated heterocycles. The zero-order chi connectivity index (χ0) is 12.9. The zero-order valence-electron chi connectivity index (χ0n) is 12.0. The lowest BCUT2D eigenvalue weighted by molar-refractivity contribution is 0.0921. The highest BCUT2D eigenvalue weighted by Crippen LogP contribution is 2.39. The van der Waals surface area contributed by atoms with Gasteiger partial charge in [-0.3, -0.25) is 0 Å². The normalized spacial score (nSPS) is 21.5. The smallest absolute Gasteiger partial charge is 0.0628 e. The maximum atomic E-state index is 9.73. The Hall–Kier alpha value is -0.120. The average molecular weight is 242 g/mol. The van der Waals surface area contributed by atoms with Crippen molar-refractivity contribution in [3.05, 3.63) is 0 Å². The molecule has 2 atom stereocenters. The number of nitrogens with zero attached hydrogens (tertiary/aromatic N) is 1. The van der Waals surface area contributed by atoms with E-state index in [4.69, 9.17) is 0 Å². The number of hydrogen-bond donors (Lipinski definition) is 2. The molecular formula is C14H30N2O. The first-order valence-electron chi connectivity index (χ1n) is 7.14. The summed E-state index contributed by atoms with van der Waals surface area (Å²) in [5.41, 5.74) is -0.0660. The van der Waals surface area contributed by atoms with Crippen molar-refractivity contribution in [2.75, 3.05) is 33.3 Å². The van der Waals surface area contributed by atoms with E-state index in [0.717, 1.165) is 25.6 Å². The summed E-state index contributed by atoms with van der Waals surface area (Å²) >= 11 is 0. The molecule has 0 bridgehead atoms. The molecule has 0 aromatic heterocycles. The van der Waals surface area contributed by atoms with Crippen molar-refractivity contribution in [3.8, 4) is 0 Å². The number of hydrogen-bond acceptors (Lipinski definition) is 3. The van der Waals surface area contributed by atoms with Crippen LogP contribution in [0.4, 0.5) is 0 Å². The second-order valence-corrected chi connectivity index (χ2v) is 5.68. The van der Waals surface area contributed by atoms with E-state index >= 15 is 0 Å². The van der Waals surface area contributed by atoms with Crippen LogP contribution in [0.15, 0.2) is 0 Å². The second-order valence-electron chi connectivity index (χ2n) is 5.68. The summed E-state index contributed by atoms with van der Waals surface area (Å²) in [4.78, 5) is 2.49. The van der Waals surface area contributed by atoms with Gasteiger partial charge in [-0.25, -0.2) is 0 Å². The Labute approximate surface area is 107 Å². The highest BCUT2D eigenvalue weighted by Gasteiger charge is 2.44. The molecule has 17 heavy (non-hydrogen) atoms. The van der Waals surface area contributed by atoms with Gasteiger partial charge in [0, 0.05) is 13.1 Å². The largest absolute Gasteiger partial charge is 0.394 e. The summed E-state index contributed by atoms with van der Waals surface area (Å²) in [5, 5.41) is 13.1. The number of nitrogens with one attached hydrogen (secondary N) is 1. The van der Waals surface area contributed by atoms with E-state index in [0.29, 0.717) is 5.92 Å². The quantitative estimate of drug-likeness (QED) is 0.646. The van der Waals surface area contributed by atoms with Gasteiger partial charge in [0.05, 0.1) is 12.1 Å². The molecule has 1 fully saturated rings. The maximum absolute atomic E-state index is 9.73. The minimum atomic E-state index is -0.0660. The molecule has 0 amide bonds. The summed E-state index contributed by atoms with van der Waals surface area (Å²) in [5.74, 6) is 1.41. The third-order valence-electron chi connectivity index (χ3n) is 4.36. The molecule has 0 aliphatic heterocycles. The molecule has 0 spiro atoms. The van der Waals surface area contributed by atoms with E-state index in [9.17, 15) is 5.11 Å². The third-order valence-corrected chi connectivity index (χ3v) is 4.36. The Morgan fingerprint density at radius 2 is 2.06 bits per heavy atom. The van der Waals surface area contributed by atoms with E-state index in [1.807, 2.05) is 7.05 Å². The van der Waals surface area contributed by atoms with E-state index in [1.54, 1.807) is 0 Å². The van der Waals surface area contributed by atoms with Crippen molar-refractivity contribution in [2.24, 2.45) is 11.8 Å². The summed E-state index contributed by atoms with van der Waals surface area (Å²) in [6, 6.07) is 0. The molecule has 0 radical (unpaired) electrons. The predicted molar refractivity (Wildman–Crippen MR) is 73.2 cm³/mol. The monoisotopic (exact) mass is 242 g/mol. The van der Waals surface area contributed by atoms with Crippen LogP contribution in [0, 0.1) is 11.8 Å². The molecule has 0 aromatic rings. The number of likely N-dealkylation sites (N-methyl/N-ethyl adjacent to an activating group) is 2. The van der Waals surface area contributed by atoms with Gasteiger partial charge in [0.2, 0.25) is 0 Å². The standard InChI is InChI=1S/C14H30N2O/c1-5-12(3)9-16(6-2)10-14(11-17,15-4)13-7-8-13/h12-13,15,17H,5-11H2,1-4H3. The van der Waals surface area contributed by atoms with Gasteiger partial charge in [0.1, 0.15) is 0 Å². The van der Waals surface area contributed by atoms with Crippen molar-refractivity contribution in [2.45, 2.75) is 45.6 Å². The fourth-order valence-corrected chi connectivity index (χ4v) is 2.58. The van der Waals surface area contributed by atoms with Gasteiger partial charge in [0.15, 0.2) is 0 Å². The van der Waals surface area contributed by atoms with Gasteiger partial charge < -0.3 is 15.3 Å². The van der Waals surface area contributed by atoms with E-state index in [2.05, 4.69) is 31.0 Å². The SMILES string of the molecule is CCC(C)CN(CC)CC(CO)(NC)C1CC1. The highest BCUT2D eigenvalue weighted by atomic mass is 16.3. The third kappa shape index (κ3) is 3.94. The molecule has 2 N–H and O–H groups in total. The Kier molecular flexibility index (Phi) is 5.90. The highest BCUT2D eigenvalue weighted by molar-refractivity contribution is 5.02. The van der Waals surface area contributed by atoms with Crippen LogP contribution in [-0.2, 0) is 0 Å². The fraction of sp³-hybridized carbons (Fsp3) is 1.00. The first kappa shape index (κ1) is 14.9. The minimum absolute atomic E-state index is 0.0660. The van der Waals surface area contributed by atoms with Crippen LogP contribution in [-0.4, -0.2) is 48.8 Å². The molecule has 3 nitrogen and oxygen atoms in total. The molecule has 1 rings (SSSR count). The van der Waals surface area contributed by atoms with Crippen LogP contribution < -0.4 is 5.32 Å². The Bertz CT molecular complexity index is 212. The second kappa shape index (κ2) is 6.72. The fourth-order valence-electron chi connectivity index (χ4n) is 2.58. The number of aliphatic hydroxyl groups is 1. The van der Waals surface area contributed by atoms with Crippen LogP contribution in [0.25, 0.3) is 0 Å². The number of aliphatic hydroxyl groups excluding tert-OH is 1. The Balaban J connectivity index is 2.56. The average Bonchev–Trinajstić information content (AvgIpc) is 3.19. The minimum Gasteiger partial charge on any atom is -0.394 e. The lowest BCUT2D eigenvalue weighted by Gasteiger charge is -2.38. The summed E-state index contributed by atoms with van der Waals surface area (Å²) in [6.45, 7) is 10.2. The number of rotatable bonds is 9. The molecule has 1 aliphatic carbocycles. The summed E-state index contributed by atoms with van der Waals surface area (Å²) in [6.07, 6.45) is 3.76. The van der Waals surface area contributed by atoms with Crippen LogP contribution >= 0.6 is 0 Å². The van der Waals surface area contributed by atoms with Crippen LogP contribution in [0.2, 0.25) is 0 Å². The van der Waals surface area contributed by atoms with Gasteiger partial charge >= 0.3 is 0 Å². The molecule has 2 unspecified atom stereocenters. The Morgan fingerprint density at radius 3 is 2.41 bits per heavy atom. The first-order valence-corrected chi connectivity index (χ1v) is 7.14. The zero-order valence-corrected chi connectivity index (χ0v) is 12.0.